The minimum absolute atomic E-state index is 0.147. The number of carboxylic acids is 1. The molecule has 1 aromatic heterocycles. The molecule has 22 heavy (non-hydrogen) atoms. The second-order valence-electron chi connectivity index (χ2n) is 6.05. The van der Waals surface area contributed by atoms with Crippen LogP contribution in [0, 0.1) is 5.92 Å². The number of aromatic amines is 1. The van der Waals surface area contributed by atoms with Crippen molar-refractivity contribution in [2.24, 2.45) is 5.92 Å². The maximum absolute atomic E-state index is 12.3. The number of hydrogen-bond acceptors (Lipinski definition) is 3. The normalized spacial score (nSPS) is 24.7. The molecule has 1 saturated carbocycles. The van der Waals surface area contributed by atoms with Gasteiger partial charge in [0.25, 0.3) is 5.91 Å². The summed E-state index contributed by atoms with van der Waals surface area (Å²) in [7, 11) is 0. The van der Waals surface area contributed by atoms with E-state index >= 15 is 0 Å². The Hall–Kier alpha value is -2.11. The molecule has 1 heterocycles. The molecule has 0 saturated heterocycles. The van der Waals surface area contributed by atoms with E-state index in [1.54, 1.807) is 0 Å². The van der Waals surface area contributed by atoms with Crippen molar-refractivity contribution in [3.05, 3.63) is 23.5 Å². The van der Waals surface area contributed by atoms with Gasteiger partial charge >= 0.3 is 5.97 Å². The number of aliphatic carboxylic acids is 1. The average molecular weight is 306 g/mol. The molecule has 1 fully saturated rings. The van der Waals surface area contributed by atoms with Crippen molar-refractivity contribution in [2.75, 3.05) is 0 Å². The topological polar surface area (TPSA) is 99.3 Å². The SMILES string of the molecule is CCC1CCC(NC(=O)c2cc(C(C)=O)c[nH]2)(C(=O)O)CC1. The van der Waals surface area contributed by atoms with Crippen LogP contribution in [0.3, 0.4) is 0 Å². The number of carbonyl (C=O) groups excluding carboxylic acids is 2. The molecule has 0 unspecified atom stereocenters. The van der Waals surface area contributed by atoms with Gasteiger partial charge in [-0.15, -0.1) is 0 Å². The zero-order valence-corrected chi connectivity index (χ0v) is 12.9. The molecule has 0 radical (unpaired) electrons. The summed E-state index contributed by atoms with van der Waals surface area (Å²) in [5.41, 5.74) is -0.586. The second-order valence-corrected chi connectivity index (χ2v) is 6.05. The molecule has 0 aliphatic heterocycles. The average Bonchev–Trinajstić information content (AvgIpc) is 2.98. The van der Waals surface area contributed by atoms with Gasteiger partial charge in [0.05, 0.1) is 0 Å². The van der Waals surface area contributed by atoms with E-state index in [0.717, 1.165) is 19.3 Å². The Bertz CT molecular complexity index is 583. The van der Waals surface area contributed by atoms with Crippen LogP contribution in [0.25, 0.3) is 0 Å². The van der Waals surface area contributed by atoms with Crippen molar-refractivity contribution < 1.29 is 19.5 Å². The Morgan fingerprint density at radius 3 is 2.45 bits per heavy atom. The number of carbonyl (C=O) groups is 3. The Kier molecular flexibility index (Phi) is 4.68. The molecule has 1 aromatic rings. The van der Waals surface area contributed by atoms with Gasteiger partial charge in [0, 0.05) is 11.8 Å². The van der Waals surface area contributed by atoms with E-state index in [1.807, 2.05) is 0 Å². The van der Waals surface area contributed by atoms with Gasteiger partial charge < -0.3 is 15.4 Å². The fourth-order valence-electron chi connectivity index (χ4n) is 2.98. The first-order valence-electron chi connectivity index (χ1n) is 7.63. The van der Waals surface area contributed by atoms with Crippen LogP contribution >= 0.6 is 0 Å². The Labute approximate surface area is 129 Å². The predicted octanol–water partition coefficient (Wildman–Crippen LogP) is 2.37. The summed E-state index contributed by atoms with van der Waals surface area (Å²) in [6, 6.07) is 1.45. The number of nitrogens with one attached hydrogen (secondary N) is 2. The number of ketones is 1. The molecule has 1 aliphatic rings. The van der Waals surface area contributed by atoms with Crippen LogP contribution in [0.5, 0.6) is 0 Å². The molecule has 6 heteroatoms. The molecular weight excluding hydrogens is 284 g/mol. The lowest BCUT2D eigenvalue weighted by molar-refractivity contribution is -0.146. The molecule has 120 valence electrons. The first-order chi connectivity index (χ1) is 10.4. The van der Waals surface area contributed by atoms with Gasteiger partial charge in [-0.3, -0.25) is 9.59 Å². The van der Waals surface area contributed by atoms with Crippen LogP contribution in [0.1, 0.15) is 66.8 Å². The summed E-state index contributed by atoms with van der Waals surface area (Å²) in [5.74, 6) is -1.09. The number of carboxylic acid groups (broad SMARTS) is 1. The van der Waals surface area contributed by atoms with Gasteiger partial charge in [0.2, 0.25) is 0 Å². The first-order valence-corrected chi connectivity index (χ1v) is 7.63. The van der Waals surface area contributed by atoms with Crippen molar-refractivity contribution in [1.82, 2.24) is 10.3 Å². The van der Waals surface area contributed by atoms with Crippen molar-refractivity contribution in [1.29, 1.82) is 0 Å². The van der Waals surface area contributed by atoms with Crippen molar-refractivity contribution in [2.45, 2.75) is 51.5 Å². The summed E-state index contributed by atoms with van der Waals surface area (Å²) < 4.78 is 0. The summed E-state index contributed by atoms with van der Waals surface area (Å²) in [4.78, 5) is 38.0. The van der Waals surface area contributed by atoms with E-state index in [4.69, 9.17) is 0 Å². The summed E-state index contributed by atoms with van der Waals surface area (Å²) in [6.45, 7) is 3.51. The van der Waals surface area contributed by atoms with Crippen molar-refractivity contribution in [3.8, 4) is 0 Å². The number of Topliss-reactive ketones (excluding diaryl/α,β-unsaturated/α-hetero) is 1. The maximum atomic E-state index is 12.3. The molecule has 0 aromatic carbocycles. The number of H-pyrrole nitrogens is 1. The van der Waals surface area contributed by atoms with E-state index < -0.39 is 17.4 Å². The highest BCUT2D eigenvalue weighted by Crippen LogP contribution is 2.34. The van der Waals surface area contributed by atoms with Crippen LogP contribution < -0.4 is 5.32 Å². The van der Waals surface area contributed by atoms with Gasteiger partial charge in [0.1, 0.15) is 11.2 Å². The van der Waals surface area contributed by atoms with E-state index in [1.165, 1.54) is 19.2 Å². The van der Waals surface area contributed by atoms with Crippen LogP contribution in [-0.4, -0.2) is 33.3 Å². The quantitative estimate of drug-likeness (QED) is 0.727. The van der Waals surface area contributed by atoms with Crippen molar-refractivity contribution >= 4 is 17.7 Å². The molecule has 0 spiro atoms. The highest BCUT2D eigenvalue weighted by atomic mass is 16.4. The Balaban J connectivity index is 2.12. The van der Waals surface area contributed by atoms with Gasteiger partial charge in [0.15, 0.2) is 5.78 Å². The Morgan fingerprint density at radius 2 is 2.00 bits per heavy atom. The third kappa shape index (κ3) is 3.21. The van der Waals surface area contributed by atoms with Gasteiger partial charge in [-0.25, -0.2) is 4.79 Å². The zero-order valence-electron chi connectivity index (χ0n) is 12.9. The summed E-state index contributed by atoms with van der Waals surface area (Å²) in [5, 5.41) is 12.2. The third-order valence-electron chi connectivity index (χ3n) is 4.63. The van der Waals surface area contributed by atoms with Crippen LogP contribution in [0.15, 0.2) is 12.3 Å². The smallest absolute Gasteiger partial charge is 0.329 e. The fourth-order valence-corrected chi connectivity index (χ4v) is 2.98. The minimum atomic E-state index is -1.20. The molecular formula is C16H22N2O4. The number of hydrogen-bond donors (Lipinski definition) is 3. The maximum Gasteiger partial charge on any atom is 0.329 e. The first kappa shape index (κ1) is 16.3. The molecule has 1 aliphatic carbocycles. The highest BCUT2D eigenvalue weighted by molar-refractivity contribution is 6.00. The Morgan fingerprint density at radius 1 is 1.36 bits per heavy atom. The fraction of sp³-hybridized carbons (Fsp3) is 0.562. The molecule has 3 N–H and O–H groups in total. The van der Waals surface area contributed by atoms with Gasteiger partial charge in [-0.1, -0.05) is 13.3 Å². The second kappa shape index (κ2) is 6.34. The lowest BCUT2D eigenvalue weighted by atomic mass is 9.75. The van der Waals surface area contributed by atoms with E-state index in [0.29, 0.717) is 24.3 Å². The number of amides is 1. The third-order valence-corrected chi connectivity index (χ3v) is 4.63. The molecule has 0 bridgehead atoms. The summed E-state index contributed by atoms with van der Waals surface area (Å²) in [6.07, 6.45) is 4.96. The standard InChI is InChI=1S/C16H22N2O4/c1-3-11-4-6-16(7-5-11,15(21)22)18-14(20)13-8-12(9-17-13)10(2)19/h8-9,11,17H,3-7H2,1-2H3,(H,18,20)(H,21,22). The zero-order chi connectivity index (χ0) is 16.3. The monoisotopic (exact) mass is 306 g/mol. The van der Waals surface area contributed by atoms with E-state index in [2.05, 4.69) is 17.2 Å². The summed E-state index contributed by atoms with van der Waals surface area (Å²) >= 11 is 0. The number of rotatable bonds is 5. The van der Waals surface area contributed by atoms with Crippen LogP contribution in [0.2, 0.25) is 0 Å². The van der Waals surface area contributed by atoms with Gasteiger partial charge in [-0.05, 0) is 44.6 Å². The minimum Gasteiger partial charge on any atom is -0.480 e. The lowest BCUT2D eigenvalue weighted by Gasteiger charge is -2.37. The lowest BCUT2D eigenvalue weighted by Crippen LogP contribution is -2.56. The van der Waals surface area contributed by atoms with E-state index in [-0.39, 0.29) is 11.5 Å². The predicted molar refractivity (Wildman–Crippen MR) is 80.9 cm³/mol. The molecule has 0 atom stereocenters. The molecule has 1 amide bonds. The van der Waals surface area contributed by atoms with E-state index in [9.17, 15) is 19.5 Å². The van der Waals surface area contributed by atoms with Crippen LogP contribution in [0.4, 0.5) is 0 Å². The molecule has 6 nitrogen and oxygen atoms in total. The molecule has 2 rings (SSSR count). The highest BCUT2D eigenvalue weighted by Gasteiger charge is 2.43. The van der Waals surface area contributed by atoms with Crippen LogP contribution in [-0.2, 0) is 4.79 Å². The van der Waals surface area contributed by atoms with Crippen molar-refractivity contribution in [3.63, 3.8) is 0 Å². The van der Waals surface area contributed by atoms with Gasteiger partial charge in [-0.2, -0.15) is 0 Å². The number of aromatic nitrogens is 1. The largest absolute Gasteiger partial charge is 0.480 e.